The van der Waals surface area contributed by atoms with Crippen LogP contribution < -0.4 is 10.7 Å². The van der Waals surface area contributed by atoms with E-state index < -0.39 is 0 Å². The first-order valence-electron chi connectivity index (χ1n) is 5.55. The lowest BCUT2D eigenvalue weighted by Crippen LogP contribution is -2.54. The molecule has 0 aliphatic carbocycles. The number of hydrazone groups is 1. The molecule has 88 valence electrons. The molecule has 2 rings (SSSR count). The van der Waals surface area contributed by atoms with Gasteiger partial charge in [0.1, 0.15) is 5.71 Å². The van der Waals surface area contributed by atoms with Gasteiger partial charge in [-0.05, 0) is 6.92 Å². The topological polar surface area (TPSA) is 73.8 Å². The van der Waals surface area contributed by atoms with Crippen LogP contribution >= 0.6 is 0 Å². The van der Waals surface area contributed by atoms with Gasteiger partial charge in [0.15, 0.2) is 0 Å². The minimum absolute atomic E-state index is 0.0472. The second-order valence-corrected chi connectivity index (χ2v) is 4.15. The van der Waals surface area contributed by atoms with Crippen LogP contribution in [0.5, 0.6) is 0 Å². The van der Waals surface area contributed by atoms with Gasteiger partial charge in [-0.2, -0.15) is 5.10 Å². The summed E-state index contributed by atoms with van der Waals surface area (Å²) < 4.78 is 0. The van der Waals surface area contributed by atoms with E-state index in [4.69, 9.17) is 0 Å². The fraction of sp³-hybridized carbons (Fsp3) is 0.700. The summed E-state index contributed by atoms with van der Waals surface area (Å²) in [6.07, 6.45) is 0.798. The highest BCUT2D eigenvalue weighted by Gasteiger charge is 2.28. The summed E-state index contributed by atoms with van der Waals surface area (Å²) >= 11 is 0. The third kappa shape index (κ3) is 2.21. The van der Waals surface area contributed by atoms with Crippen LogP contribution in [-0.2, 0) is 9.59 Å². The monoisotopic (exact) mass is 224 g/mol. The Morgan fingerprint density at radius 1 is 1.50 bits per heavy atom. The van der Waals surface area contributed by atoms with Gasteiger partial charge < -0.3 is 10.2 Å². The summed E-state index contributed by atoms with van der Waals surface area (Å²) in [5, 5.41) is 7.05. The minimum atomic E-state index is -0.120. The van der Waals surface area contributed by atoms with Crippen LogP contribution in [0.4, 0.5) is 0 Å². The van der Waals surface area contributed by atoms with Gasteiger partial charge in [-0.25, -0.2) is 5.43 Å². The first-order chi connectivity index (χ1) is 7.68. The molecule has 2 aliphatic rings. The molecule has 2 aliphatic heterocycles. The van der Waals surface area contributed by atoms with E-state index in [1.54, 1.807) is 0 Å². The number of piperazine rings is 1. The minimum Gasteiger partial charge on any atom is -0.332 e. The maximum atomic E-state index is 12.1. The molecule has 0 aromatic heterocycles. The number of hydrogen-bond acceptors (Lipinski definition) is 4. The van der Waals surface area contributed by atoms with E-state index >= 15 is 0 Å². The fourth-order valence-electron chi connectivity index (χ4n) is 1.94. The zero-order valence-electron chi connectivity index (χ0n) is 9.32. The Kier molecular flexibility index (Phi) is 3.19. The van der Waals surface area contributed by atoms with Gasteiger partial charge in [0.05, 0.1) is 0 Å². The van der Waals surface area contributed by atoms with Gasteiger partial charge in [0.25, 0.3) is 5.91 Å². The molecule has 2 heterocycles. The van der Waals surface area contributed by atoms with E-state index in [9.17, 15) is 9.59 Å². The smallest absolute Gasteiger partial charge is 0.270 e. The predicted octanol–water partition coefficient (Wildman–Crippen LogP) is -0.927. The highest BCUT2D eigenvalue weighted by molar-refractivity contribution is 6.39. The van der Waals surface area contributed by atoms with Crippen LogP contribution in [-0.4, -0.2) is 48.1 Å². The van der Waals surface area contributed by atoms with Crippen LogP contribution in [0.1, 0.15) is 19.8 Å². The maximum Gasteiger partial charge on any atom is 0.270 e. The van der Waals surface area contributed by atoms with E-state index in [1.165, 1.54) is 0 Å². The lowest BCUT2D eigenvalue weighted by molar-refractivity contribution is -0.127. The number of nitrogens with one attached hydrogen (secondary N) is 2. The standard InChI is InChI=1S/C10H16N4O2/c1-7-6-11-4-5-14(7)10(16)8-2-3-9(15)13-12-8/h7,11H,2-6H2,1H3,(H,13,15)/t7-/m1/s1. The second kappa shape index (κ2) is 4.61. The number of rotatable bonds is 1. The van der Waals surface area contributed by atoms with Gasteiger partial charge in [-0.3, -0.25) is 9.59 Å². The molecular formula is C10H16N4O2. The molecule has 16 heavy (non-hydrogen) atoms. The van der Waals surface area contributed by atoms with Crippen molar-refractivity contribution < 1.29 is 9.59 Å². The molecule has 1 atom stereocenters. The summed E-state index contributed by atoms with van der Waals surface area (Å²) in [6.45, 7) is 4.33. The zero-order valence-corrected chi connectivity index (χ0v) is 9.32. The van der Waals surface area contributed by atoms with Crippen LogP contribution in [0, 0.1) is 0 Å². The van der Waals surface area contributed by atoms with Crippen molar-refractivity contribution in [2.75, 3.05) is 19.6 Å². The molecule has 0 aromatic carbocycles. The molecule has 0 saturated carbocycles. The Balaban J connectivity index is 2.03. The molecule has 2 N–H and O–H groups in total. The van der Waals surface area contributed by atoms with Crippen molar-refractivity contribution in [1.29, 1.82) is 0 Å². The highest BCUT2D eigenvalue weighted by Crippen LogP contribution is 2.08. The maximum absolute atomic E-state index is 12.1. The van der Waals surface area contributed by atoms with Crippen molar-refractivity contribution in [2.45, 2.75) is 25.8 Å². The predicted molar refractivity (Wildman–Crippen MR) is 58.9 cm³/mol. The lowest BCUT2D eigenvalue weighted by Gasteiger charge is -2.34. The molecule has 2 amide bonds. The molecule has 0 spiro atoms. The number of carbonyl (C=O) groups is 2. The largest absolute Gasteiger partial charge is 0.332 e. The Hall–Kier alpha value is -1.43. The quantitative estimate of drug-likeness (QED) is 0.604. The van der Waals surface area contributed by atoms with Crippen molar-refractivity contribution in [3.8, 4) is 0 Å². The van der Waals surface area contributed by atoms with Crippen LogP contribution in [0.15, 0.2) is 5.10 Å². The van der Waals surface area contributed by atoms with Crippen LogP contribution in [0.2, 0.25) is 0 Å². The van der Waals surface area contributed by atoms with E-state index in [0.29, 0.717) is 25.1 Å². The van der Waals surface area contributed by atoms with Crippen LogP contribution in [0.25, 0.3) is 0 Å². The molecule has 1 saturated heterocycles. The molecule has 0 bridgehead atoms. The molecule has 0 unspecified atom stereocenters. The van der Waals surface area contributed by atoms with Crippen LogP contribution in [0.3, 0.4) is 0 Å². The number of amides is 2. The Bertz CT molecular complexity index is 340. The van der Waals surface area contributed by atoms with E-state index in [1.807, 2.05) is 11.8 Å². The lowest BCUT2D eigenvalue weighted by atomic mass is 10.1. The van der Waals surface area contributed by atoms with Gasteiger partial charge in [-0.15, -0.1) is 0 Å². The summed E-state index contributed by atoms with van der Waals surface area (Å²) in [6, 6.07) is 0.182. The van der Waals surface area contributed by atoms with E-state index in [2.05, 4.69) is 15.8 Å². The molecule has 6 heteroatoms. The molecule has 1 fully saturated rings. The van der Waals surface area contributed by atoms with Gasteiger partial charge in [-0.1, -0.05) is 0 Å². The summed E-state index contributed by atoms with van der Waals surface area (Å²) in [5.74, 6) is -0.168. The van der Waals surface area contributed by atoms with Crippen molar-refractivity contribution in [3.63, 3.8) is 0 Å². The molecular weight excluding hydrogens is 208 g/mol. The first-order valence-corrected chi connectivity index (χ1v) is 5.55. The van der Waals surface area contributed by atoms with Crippen molar-refractivity contribution in [2.24, 2.45) is 5.10 Å². The summed E-state index contributed by atoms with van der Waals surface area (Å²) in [7, 11) is 0. The normalized spacial score (nSPS) is 26.1. The average Bonchev–Trinajstić information content (AvgIpc) is 2.30. The highest BCUT2D eigenvalue weighted by atomic mass is 16.2. The van der Waals surface area contributed by atoms with Crippen molar-refractivity contribution >= 4 is 17.5 Å². The van der Waals surface area contributed by atoms with Crippen molar-refractivity contribution in [1.82, 2.24) is 15.6 Å². The summed E-state index contributed by atoms with van der Waals surface area (Å²) in [4.78, 5) is 24.8. The van der Waals surface area contributed by atoms with E-state index in [-0.39, 0.29) is 17.9 Å². The Morgan fingerprint density at radius 3 is 2.94 bits per heavy atom. The molecule has 6 nitrogen and oxygen atoms in total. The number of hydrogen-bond donors (Lipinski definition) is 2. The zero-order chi connectivity index (χ0) is 11.5. The van der Waals surface area contributed by atoms with E-state index in [0.717, 1.165) is 13.1 Å². The SMILES string of the molecule is C[C@@H]1CNCCN1C(=O)C1=NNC(=O)CC1. The first kappa shape index (κ1) is 11.1. The van der Waals surface area contributed by atoms with Gasteiger partial charge in [0, 0.05) is 38.5 Å². The molecule has 0 radical (unpaired) electrons. The van der Waals surface area contributed by atoms with Crippen molar-refractivity contribution in [3.05, 3.63) is 0 Å². The second-order valence-electron chi connectivity index (χ2n) is 4.15. The third-order valence-electron chi connectivity index (χ3n) is 2.91. The van der Waals surface area contributed by atoms with Gasteiger partial charge in [0.2, 0.25) is 5.91 Å². The molecule has 0 aromatic rings. The number of nitrogens with zero attached hydrogens (tertiary/aromatic N) is 2. The Labute approximate surface area is 94.1 Å². The fourth-order valence-corrected chi connectivity index (χ4v) is 1.94. The Morgan fingerprint density at radius 2 is 2.31 bits per heavy atom. The third-order valence-corrected chi connectivity index (χ3v) is 2.91. The van der Waals surface area contributed by atoms with Gasteiger partial charge >= 0.3 is 0 Å². The summed E-state index contributed by atoms with van der Waals surface area (Å²) in [5.41, 5.74) is 2.82. The average molecular weight is 224 g/mol. The number of carbonyl (C=O) groups excluding carboxylic acids is 2.